The van der Waals surface area contributed by atoms with E-state index in [4.69, 9.17) is 37.5 Å². The molecular formula is C41H40Cl2N2O5S. The minimum atomic E-state index is -3.35. The number of hydrogen-bond acceptors (Lipinski definition) is 6. The Kier molecular flexibility index (Phi) is 13.3. The van der Waals surface area contributed by atoms with Gasteiger partial charge in [0, 0.05) is 45.1 Å². The molecule has 51 heavy (non-hydrogen) atoms. The van der Waals surface area contributed by atoms with Crippen LogP contribution in [0.1, 0.15) is 44.3 Å². The van der Waals surface area contributed by atoms with Crippen LogP contribution in [-0.4, -0.2) is 45.0 Å². The van der Waals surface area contributed by atoms with Gasteiger partial charge < -0.3 is 19.8 Å². The van der Waals surface area contributed by atoms with Crippen LogP contribution in [0.25, 0.3) is 10.9 Å². The van der Waals surface area contributed by atoms with Crippen molar-refractivity contribution in [2.45, 2.75) is 25.3 Å². The van der Waals surface area contributed by atoms with Crippen LogP contribution in [0.15, 0.2) is 133 Å². The number of benzene rings is 5. The van der Waals surface area contributed by atoms with Gasteiger partial charge in [0.25, 0.3) is 0 Å². The molecule has 0 fully saturated rings. The molecule has 0 unspecified atom stereocenters. The number of ether oxygens (including phenoxy) is 2. The van der Waals surface area contributed by atoms with Crippen LogP contribution >= 0.6 is 22.3 Å². The molecule has 0 spiro atoms. The number of rotatable bonds is 13. The lowest BCUT2D eigenvalue weighted by molar-refractivity contribution is 0.0600. The van der Waals surface area contributed by atoms with Crippen molar-refractivity contribution in [3.05, 3.63) is 172 Å². The molecule has 0 saturated carbocycles. The summed E-state index contributed by atoms with van der Waals surface area (Å²) in [5.41, 5.74) is 13.5. The number of hydrogen-bond donors (Lipinski definition) is 1. The summed E-state index contributed by atoms with van der Waals surface area (Å²) in [4.78, 5) is 11.8. The van der Waals surface area contributed by atoms with E-state index >= 15 is 0 Å². The van der Waals surface area contributed by atoms with Gasteiger partial charge in [-0.25, -0.2) is 13.2 Å². The lowest BCUT2D eigenvalue weighted by Crippen LogP contribution is -2.18. The summed E-state index contributed by atoms with van der Waals surface area (Å²) in [7, 11) is 3.07. The third-order valence-corrected chi connectivity index (χ3v) is 9.82. The second-order valence-electron chi connectivity index (χ2n) is 11.8. The first kappa shape index (κ1) is 37.7. The molecule has 7 nitrogen and oxygen atoms in total. The molecule has 0 amide bonds. The lowest BCUT2D eigenvalue weighted by atomic mass is 9.97. The van der Waals surface area contributed by atoms with Gasteiger partial charge >= 0.3 is 5.97 Å². The zero-order valence-corrected chi connectivity index (χ0v) is 30.6. The fourth-order valence-electron chi connectivity index (χ4n) is 6.11. The van der Waals surface area contributed by atoms with Crippen LogP contribution < -0.4 is 10.5 Å². The Morgan fingerprint density at radius 2 is 1.37 bits per heavy atom. The van der Waals surface area contributed by atoms with Crippen molar-refractivity contribution in [2.24, 2.45) is 5.73 Å². The molecule has 1 aromatic heterocycles. The average molecular weight is 744 g/mol. The van der Waals surface area contributed by atoms with E-state index in [0.717, 1.165) is 16.5 Å². The van der Waals surface area contributed by atoms with Crippen LogP contribution in [0.3, 0.4) is 0 Å². The molecule has 1 heterocycles. The first-order valence-electron chi connectivity index (χ1n) is 16.6. The van der Waals surface area contributed by atoms with Gasteiger partial charge in [0.2, 0.25) is 9.05 Å². The summed E-state index contributed by atoms with van der Waals surface area (Å²) in [6.45, 7) is 0.977. The Morgan fingerprint density at radius 1 is 0.784 bits per heavy atom. The molecule has 0 radical (unpaired) electrons. The highest BCUT2D eigenvalue weighted by atomic mass is 35.7. The topological polar surface area (TPSA) is 101 Å². The SMILES string of the molecule is COC(=O)c1ccc(OCCc2c(CCN)n(C(c3ccccc3)c3ccccc3)c3ccc(Cl)cc23)cc1.O=S(=O)(Cl)CCc1ccccc1. The molecular weight excluding hydrogens is 703 g/mol. The fraction of sp³-hybridized carbons (Fsp3) is 0.195. The van der Waals surface area contributed by atoms with Crippen molar-refractivity contribution in [3.63, 3.8) is 0 Å². The molecule has 0 bridgehead atoms. The highest BCUT2D eigenvalue weighted by Gasteiger charge is 2.25. The van der Waals surface area contributed by atoms with Gasteiger partial charge in [-0.1, -0.05) is 103 Å². The van der Waals surface area contributed by atoms with Crippen LogP contribution in [-0.2, 0) is 33.1 Å². The summed E-state index contributed by atoms with van der Waals surface area (Å²) in [5, 5.41) is 1.79. The average Bonchev–Trinajstić information content (AvgIpc) is 3.43. The Morgan fingerprint density at radius 3 is 1.92 bits per heavy atom. The number of halogens is 2. The van der Waals surface area contributed by atoms with E-state index in [0.29, 0.717) is 48.7 Å². The summed E-state index contributed by atoms with van der Waals surface area (Å²) >= 11 is 6.52. The van der Waals surface area contributed by atoms with Crippen molar-refractivity contribution in [3.8, 4) is 5.75 Å². The van der Waals surface area contributed by atoms with Gasteiger partial charge in [0.05, 0.1) is 31.1 Å². The largest absolute Gasteiger partial charge is 0.493 e. The third-order valence-electron chi connectivity index (χ3n) is 8.43. The third kappa shape index (κ3) is 10.2. The number of aromatic nitrogens is 1. The molecule has 0 atom stereocenters. The smallest absolute Gasteiger partial charge is 0.337 e. The molecule has 0 aliphatic carbocycles. The van der Waals surface area contributed by atoms with E-state index < -0.39 is 9.05 Å². The van der Waals surface area contributed by atoms with Crippen LogP contribution in [0.5, 0.6) is 5.75 Å². The molecule has 5 aromatic carbocycles. The number of methoxy groups -OCH3 is 1. The van der Waals surface area contributed by atoms with Crippen molar-refractivity contribution in [1.82, 2.24) is 4.57 Å². The van der Waals surface area contributed by atoms with Crippen LogP contribution in [0, 0.1) is 0 Å². The van der Waals surface area contributed by atoms with Gasteiger partial charge in [-0.15, -0.1) is 0 Å². The fourth-order valence-corrected chi connectivity index (χ4v) is 6.99. The van der Waals surface area contributed by atoms with Gasteiger partial charge in [0.1, 0.15) is 5.75 Å². The Bertz CT molecular complexity index is 2080. The zero-order chi connectivity index (χ0) is 36.2. The number of nitrogens with zero attached hydrogens (tertiary/aromatic N) is 1. The van der Waals surface area contributed by atoms with Gasteiger partial charge in [-0.2, -0.15) is 0 Å². The minimum Gasteiger partial charge on any atom is -0.493 e. The molecule has 10 heteroatoms. The first-order valence-corrected chi connectivity index (χ1v) is 19.4. The number of carbonyl (C=O) groups excluding carboxylic acids is 1. The van der Waals surface area contributed by atoms with Crippen molar-refractivity contribution in [2.75, 3.05) is 26.0 Å². The Balaban J connectivity index is 0.000000357. The van der Waals surface area contributed by atoms with E-state index in [9.17, 15) is 13.2 Å². The molecule has 0 aliphatic rings. The van der Waals surface area contributed by atoms with E-state index in [-0.39, 0.29) is 17.8 Å². The number of carbonyl (C=O) groups is 1. The van der Waals surface area contributed by atoms with E-state index in [2.05, 4.69) is 59.2 Å². The number of aryl methyl sites for hydroxylation is 1. The second kappa shape index (κ2) is 18.1. The monoisotopic (exact) mass is 742 g/mol. The van der Waals surface area contributed by atoms with Crippen LogP contribution in [0.2, 0.25) is 5.02 Å². The predicted octanol–water partition coefficient (Wildman–Crippen LogP) is 8.64. The molecule has 0 aliphatic heterocycles. The quantitative estimate of drug-likeness (QED) is 0.0940. The normalized spacial score (nSPS) is 11.2. The summed E-state index contributed by atoms with van der Waals surface area (Å²) in [6, 6.07) is 43.5. The first-order chi connectivity index (χ1) is 24.7. The van der Waals surface area contributed by atoms with Crippen molar-refractivity contribution >= 4 is 48.2 Å². The van der Waals surface area contributed by atoms with Crippen molar-refractivity contribution < 1.29 is 22.7 Å². The second-order valence-corrected chi connectivity index (χ2v) is 15.1. The molecule has 2 N–H and O–H groups in total. The highest BCUT2D eigenvalue weighted by molar-refractivity contribution is 8.13. The predicted molar refractivity (Wildman–Crippen MR) is 207 cm³/mol. The Hall–Kier alpha value is -4.60. The zero-order valence-electron chi connectivity index (χ0n) is 28.3. The maximum absolute atomic E-state index is 11.8. The standard InChI is InChI=1S/C33H31ClN2O3.C8H9ClO2S/c1-38-33(37)25-12-15-27(16-13-25)39-21-19-28-29-22-26(34)14-17-30(29)36(31(28)18-20-35)32(23-8-4-2-5-9-23)24-10-6-3-7-11-24;9-12(10,11)7-6-8-4-2-1-3-5-8/h2-17,22,32H,18-21,35H2,1H3;1-5H,6-7H2. The van der Waals surface area contributed by atoms with Crippen LogP contribution in [0.4, 0.5) is 0 Å². The Labute approximate surface area is 309 Å². The maximum Gasteiger partial charge on any atom is 0.337 e. The van der Waals surface area contributed by atoms with Crippen molar-refractivity contribution in [1.29, 1.82) is 0 Å². The summed E-state index contributed by atoms with van der Waals surface area (Å²) < 4.78 is 34.4. The van der Waals surface area contributed by atoms with E-state index in [1.807, 2.05) is 54.6 Å². The number of fused-ring (bicyclic) bond motifs is 1. The van der Waals surface area contributed by atoms with Gasteiger partial charge in [0.15, 0.2) is 0 Å². The molecule has 0 saturated heterocycles. The maximum atomic E-state index is 11.8. The van der Waals surface area contributed by atoms with Gasteiger partial charge in [-0.3, -0.25) is 0 Å². The van der Waals surface area contributed by atoms with E-state index in [1.165, 1.54) is 29.5 Å². The minimum absolute atomic E-state index is 0.00142. The molecule has 6 aromatic rings. The highest BCUT2D eigenvalue weighted by Crippen LogP contribution is 2.37. The number of nitrogens with two attached hydrogens (primary N) is 1. The van der Waals surface area contributed by atoms with Gasteiger partial charge in [-0.05, 0) is 77.7 Å². The number of esters is 1. The lowest BCUT2D eigenvalue weighted by Gasteiger charge is -2.25. The summed E-state index contributed by atoms with van der Waals surface area (Å²) in [5.74, 6) is 0.318. The molecule has 264 valence electrons. The molecule has 6 rings (SSSR count). The summed E-state index contributed by atoms with van der Waals surface area (Å²) in [6.07, 6.45) is 1.87. The van der Waals surface area contributed by atoms with E-state index in [1.54, 1.807) is 24.3 Å².